The second kappa shape index (κ2) is 74.9. The van der Waals surface area contributed by atoms with E-state index in [1.165, 1.54) is 263 Å². The minimum absolute atomic E-state index is 0.107. The highest BCUT2D eigenvalue weighted by molar-refractivity contribution is 7.47. The van der Waals surface area contributed by atoms with E-state index in [2.05, 4.69) is 34.6 Å². The Morgan fingerprint density at radius 2 is 0.475 bits per heavy atom. The van der Waals surface area contributed by atoms with Gasteiger partial charge in [-0.2, -0.15) is 0 Å². The van der Waals surface area contributed by atoms with Crippen molar-refractivity contribution in [1.82, 2.24) is 0 Å². The van der Waals surface area contributed by atoms with E-state index in [-0.39, 0.29) is 25.7 Å². The van der Waals surface area contributed by atoms with E-state index in [1.807, 2.05) is 0 Å². The number of phosphoric acid groups is 2. The van der Waals surface area contributed by atoms with Crippen molar-refractivity contribution >= 4 is 39.5 Å². The maximum atomic E-state index is 13.1. The number of hydrogen-bond acceptors (Lipinski definition) is 15. The predicted molar refractivity (Wildman–Crippen MR) is 414 cm³/mol. The van der Waals surface area contributed by atoms with Gasteiger partial charge in [-0.15, -0.1) is 0 Å². The zero-order valence-electron chi connectivity index (χ0n) is 66.1. The molecule has 0 aromatic heterocycles. The fraction of sp³-hybridized carbons (Fsp3) is 0.951. The summed E-state index contributed by atoms with van der Waals surface area (Å²) in [4.78, 5) is 73.0. The molecule has 0 amide bonds. The number of unbranched alkanes of at least 4 members (excludes halogenated alkanes) is 53. The number of rotatable bonds is 82. The van der Waals surface area contributed by atoms with Crippen LogP contribution < -0.4 is 0 Å². The zero-order chi connectivity index (χ0) is 74.1. The van der Waals surface area contributed by atoms with Crippen LogP contribution in [-0.4, -0.2) is 96.7 Å². The molecular formula is C82H160O17P2. The third kappa shape index (κ3) is 74.7. The van der Waals surface area contributed by atoms with Crippen molar-refractivity contribution in [3.63, 3.8) is 0 Å². The number of ether oxygens (including phenoxy) is 4. The molecule has 101 heavy (non-hydrogen) atoms. The van der Waals surface area contributed by atoms with Crippen molar-refractivity contribution < 1.29 is 80.2 Å². The average molecular weight is 1480 g/mol. The Bertz CT molecular complexity index is 1930. The smallest absolute Gasteiger partial charge is 0.462 e. The van der Waals surface area contributed by atoms with Gasteiger partial charge in [-0.05, 0) is 31.6 Å². The number of aliphatic hydroxyl groups excluding tert-OH is 1. The van der Waals surface area contributed by atoms with Crippen molar-refractivity contribution in [1.29, 1.82) is 0 Å². The van der Waals surface area contributed by atoms with Crippen LogP contribution in [-0.2, 0) is 65.4 Å². The van der Waals surface area contributed by atoms with E-state index in [4.69, 9.17) is 37.0 Å². The van der Waals surface area contributed by atoms with E-state index in [0.717, 1.165) is 95.8 Å². The van der Waals surface area contributed by atoms with Crippen molar-refractivity contribution in [3.05, 3.63) is 0 Å². The number of hydrogen-bond donors (Lipinski definition) is 3. The highest BCUT2D eigenvalue weighted by Gasteiger charge is 2.30. The number of phosphoric ester groups is 2. The topological polar surface area (TPSA) is 237 Å². The predicted octanol–water partition coefficient (Wildman–Crippen LogP) is 24.8. The Morgan fingerprint density at radius 1 is 0.277 bits per heavy atom. The summed E-state index contributed by atoms with van der Waals surface area (Å²) in [6.07, 6.45) is 66.7. The molecule has 0 saturated heterocycles. The highest BCUT2D eigenvalue weighted by atomic mass is 31.2. The molecular weight excluding hydrogens is 1320 g/mol. The molecule has 0 aliphatic carbocycles. The molecule has 0 spiro atoms. The van der Waals surface area contributed by atoms with Gasteiger partial charge in [0.2, 0.25) is 0 Å². The van der Waals surface area contributed by atoms with Crippen LogP contribution in [0.3, 0.4) is 0 Å². The highest BCUT2D eigenvalue weighted by Crippen LogP contribution is 2.45. The van der Waals surface area contributed by atoms with E-state index >= 15 is 0 Å². The van der Waals surface area contributed by atoms with Crippen LogP contribution in [0.5, 0.6) is 0 Å². The summed E-state index contributed by atoms with van der Waals surface area (Å²) in [6.45, 7) is 7.34. The van der Waals surface area contributed by atoms with E-state index in [9.17, 15) is 43.2 Å². The Morgan fingerprint density at radius 3 is 0.703 bits per heavy atom. The Balaban J connectivity index is 5.20. The molecule has 0 saturated carbocycles. The van der Waals surface area contributed by atoms with Crippen LogP contribution in [0.2, 0.25) is 0 Å². The van der Waals surface area contributed by atoms with Crippen LogP contribution in [0.1, 0.15) is 439 Å². The Hall–Kier alpha value is -1.94. The first-order valence-corrected chi connectivity index (χ1v) is 45.7. The molecule has 0 rings (SSSR count). The molecule has 0 radical (unpaired) electrons. The summed E-state index contributed by atoms with van der Waals surface area (Å²) < 4.78 is 68.7. The van der Waals surface area contributed by atoms with E-state index < -0.39 is 97.5 Å². The van der Waals surface area contributed by atoms with Crippen molar-refractivity contribution in [2.75, 3.05) is 39.6 Å². The fourth-order valence-corrected chi connectivity index (χ4v) is 14.3. The minimum Gasteiger partial charge on any atom is -0.462 e. The lowest BCUT2D eigenvalue weighted by atomic mass is 9.99. The van der Waals surface area contributed by atoms with Gasteiger partial charge in [-0.3, -0.25) is 37.3 Å². The lowest BCUT2D eigenvalue weighted by Crippen LogP contribution is -2.30. The standard InChI is InChI=1S/C82H160O17P2/c1-6-10-13-16-19-22-24-26-28-30-31-32-33-34-35-37-39-41-47-52-57-62-67-81(86)98-78(72-93-80(85)66-61-56-51-46-40-38-36-29-27-25-23-20-17-14-11-7-2)74-97-101(90,91)95-70-76(83)69-94-100(88,89)96-73-77(71-92-79(84)65-60-55-50-44-21-18-15-12-8-3)99-82(87)68-63-58-53-48-43-42-45-49-54-59-64-75(5)9-4/h75-78,83H,6-74H2,1-5H3,(H,88,89)(H,90,91)/t75?,76-,77+,78+/m0/s1. The van der Waals surface area contributed by atoms with Crippen molar-refractivity contribution in [2.45, 2.75) is 457 Å². The molecule has 0 bridgehead atoms. The largest absolute Gasteiger partial charge is 0.472 e. The van der Waals surface area contributed by atoms with Crippen LogP contribution in [0, 0.1) is 5.92 Å². The fourth-order valence-electron chi connectivity index (χ4n) is 12.7. The summed E-state index contributed by atoms with van der Waals surface area (Å²) in [5.41, 5.74) is 0. The third-order valence-corrected chi connectivity index (χ3v) is 21.5. The maximum absolute atomic E-state index is 13.1. The van der Waals surface area contributed by atoms with Crippen molar-refractivity contribution in [2.24, 2.45) is 5.92 Å². The molecule has 6 atom stereocenters. The molecule has 0 aliphatic rings. The molecule has 0 heterocycles. The van der Waals surface area contributed by atoms with Gasteiger partial charge in [0.15, 0.2) is 12.2 Å². The quantitative estimate of drug-likeness (QED) is 0.0222. The summed E-state index contributed by atoms with van der Waals surface area (Å²) in [7, 11) is -9.92. The van der Waals surface area contributed by atoms with Crippen molar-refractivity contribution in [3.8, 4) is 0 Å². The van der Waals surface area contributed by atoms with Crippen LogP contribution in [0.25, 0.3) is 0 Å². The second-order valence-electron chi connectivity index (χ2n) is 29.8. The molecule has 3 N–H and O–H groups in total. The van der Waals surface area contributed by atoms with E-state index in [0.29, 0.717) is 25.7 Å². The number of aliphatic hydroxyl groups is 1. The van der Waals surface area contributed by atoms with Gasteiger partial charge in [-0.25, -0.2) is 9.13 Å². The van der Waals surface area contributed by atoms with Gasteiger partial charge in [-0.1, -0.05) is 388 Å². The number of carbonyl (C=O) groups excluding carboxylic acids is 4. The molecule has 600 valence electrons. The lowest BCUT2D eigenvalue weighted by Gasteiger charge is -2.21. The molecule has 19 heteroatoms. The van der Waals surface area contributed by atoms with Gasteiger partial charge < -0.3 is 33.8 Å². The third-order valence-electron chi connectivity index (χ3n) is 19.6. The van der Waals surface area contributed by atoms with Gasteiger partial charge in [0.05, 0.1) is 26.4 Å². The average Bonchev–Trinajstić information content (AvgIpc) is 0.934. The second-order valence-corrected chi connectivity index (χ2v) is 32.7. The van der Waals surface area contributed by atoms with Crippen LogP contribution >= 0.6 is 15.6 Å². The zero-order valence-corrected chi connectivity index (χ0v) is 67.8. The van der Waals surface area contributed by atoms with Gasteiger partial charge in [0.25, 0.3) is 0 Å². The summed E-state index contributed by atoms with van der Waals surface area (Å²) in [5, 5.41) is 10.6. The molecule has 0 aromatic carbocycles. The summed E-state index contributed by atoms with van der Waals surface area (Å²) >= 11 is 0. The molecule has 0 aromatic rings. The Labute approximate surface area is 619 Å². The number of esters is 4. The van der Waals surface area contributed by atoms with E-state index in [1.54, 1.807) is 0 Å². The first-order valence-electron chi connectivity index (χ1n) is 42.7. The first kappa shape index (κ1) is 99.1. The maximum Gasteiger partial charge on any atom is 0.472 e. The van der Waals surface area contributed by atoms with Crippen LogP contribution in [0.4, 0.5) is 0 Å². The SMILES string of the molecule is CCCCCCCCCCCCCCCCCCCCCCCCC(=O)O[C@H](COC(=O)CCCCCCCCCCCCCCCCCC)COP(=O)(O)OC[C@@H](O)COP(=O)(O)OC[C@@H](COC(=O)CCCCCCCCCCC)OC(=O)CCCCCCCCCCCCC(C)CC. The normalized spacial score (nSPS) is 14.1. The molecule has 17 nitrogen and oxygen atoms in total. The lowest BCUT2D eigenvalue weighted by molar-refractivity contribution is -0.161. The van der Waals surface area contributed by atoms with Gasteiger partial charge in [0.1, 0.15) is 19.3 Å². The monoisotopic (exact) mass is 1480 g/mol. The summed E-state index contributed by atoms with van der Waals surface area (Å²) in [6, 6.07) is 0. The van der Waals surface area contributed by atoms with Gasteiger partial charge >= 0.3 is 39.5 Å². The van der Waals surface area contributed by atoms with Gasteiger partial charge in [0, 0.05) is 25.7 Å². The first-order chi connectivity index (χ1) is 49.1. The molecule has 0 fully saturated rings. The summed E-state index contributed by atoms with van der Waals surface area (Å²) in [5.74, 6) is -1.30. The van der Waals surface area contributed by atoms with Crippen LogP contribution in [0.15, 0.2) is 0 Å². The molecule has 0 aliphatic heterocycles. The molecule has 3 unspecified atom stereocenters. The Kier molecular flexibility index (Phi) is 73.5. The number of carbonyl (C=O) groups is 4. The minimum atomic E-state index is -4.96.